The second-order valence-corrected chi connectivity index (χ2v) is 6.50. The van der Waals surface area contributed by atoms with Crippen molar-refractivity contribution >= 4 is 16.5 Å². The number of ether oxygens (including phenoxy) is 2. The van der Waals surface area contributed by atoms with Crippen LogP contribution >= 0.6 is 0 Å². The van der Waals surface area contributed by atoms with Crippen molar-refractivity contribution in [2.45, 2.75) is 13.0 Å². The molecule has 0 atom stereocenters. The molecule has 1 N–H and O–H groups in total. The molecule has 0 saturated heterocycles. The summed E-state index contributed by atoms with van der Waals surface area (Å²) in [7, 11) is 0. The average Bonchev–Trinajstić information content (AvgIpc) is 3.29. The summed E-state index contributed by atoms with van der Waals surface area (Å²) >= 11 is 0. The molecule has 0 saturated carbocycles. The first-order valence-electron chi connectivity index (χ1n) is 8.60. The first-order valence-corrected chi connectivity index (χ1v) is 8.60. The Bertz CT molecular complexity index is 960. The van der Waals surface area contributed by atoms with Gasteiger partial charge in [-0.2, -0.15) is 5.10 Å². The van der Waals surface area contributed by atoms with E-state index in [4.69, 9.17) is 9.47 Å². The predicted molar refractivity (Wildman–Crippen MR) is 96.5 cm³/mol. The van der Waals surface area contributed by atoms with Crippen molar-refractivity contribution in [3.63, 3.8) is 0 Å². The van der Waals surface area contributed by atoms with E-state index in [9.17, 15) is 0 Å². The smallest absolute Gasteiger partial charge is 0.231 e. The zero-order valence-corrected chi connectivity index (χ0v) is 13.9. The first kappa shape index (κ1) is 14.5. The van der Waals surface area contributed by atoms with Gasteiger partial charge >= 0.3 is 0 Å². The fourth-order valence-electron chi connectivity index (χ4n) is 3.57. The molecule has 0 aliphatic carbocycles. The van der Waals surface area contributed by atoms with E-state index in [2.05, 4.69) is 45.4 Å². The molecule has 0 bridgehead atoms. The SMILES string of the molecule is C1=C(c2ccc3c(c2)OCO3)CCN(Cc2[nH]nc3ccccc23)C1. The molecule has 0 radical (unpaired) electrons. The van der Waals surface area contributed by atoms with Crippen LogP contribution in [0.3, 0.4) is 0 Å². The van der Waals surface area contributed by atoms with Crippen LogP contribution in [0.25, 0.3) is 16.5 Å². The number of nitrogens with one attached hydrogen (secondary N) is 1. The van der Waals surface area contributed by atoms with Crippen molar-refractivity contribution < 1.29 is 9.47 Å². The second kappa shape index (κ2) is 5.93. The molecule has 5 rings (SSSR count). The van der Waals surface area contributed by atoms with Gasteiger partial charge in [-0.25, -0.2) is 0 Å². The van der Waals surface area contributed by atoms with Gasteiger partial charge in [-0.05, 0) is 35.8 Å². The Morgan fingerprint density at radius 2 is 2.00 bits per heavy atom. The number of rotatable bonds is 3. The normalized spacial score (nSPS) is 17.0. The highest BCUT2D eigenvalue weighted by Gasteiger charge is 2.18. The summed E-state index contributed by atoms with van der Waals surface area (Å²) in [6.07, 6.45) is 3.35. The maximum Gasteiger partial charge on any atom is 0.231 e. The number of fused-ring (bicyclic) bond motifs is 2. The van der Waals surface area contributed by atoms with Crippen molar-refractivity contribution in [1.82, 2.24) is 15.1 Å². The molecule has 0 fully saturated rings. The Morgan fingerprint density at radius 1 is 1.08 bits per heavy atom. The van der Waals surface area contributed by atoms with E-state index < -0.39 is 0 Å². The van der Waals surface area contributed by atoms with Gasteiger partial charge in [0, 0.05) is 25.0 Å². The lowest BCUT2D eigenvalue weighted by Gasteiger charge is -2.26. The molecule has 126 valence electrons. The minimum absolute atomic E-state index is 0.323. The maximum atomic E-state index is 5.49. The highest BCUT2D eigenvalue weighted by Crippen LogP contribution is 2.35. The van der Waals surface area contributed by atoms with Crippen LogP contribution in [0.2, 0.25) is 0 Å². The Hall–Kier alpha value is -2.79. The molecule has 2 aromatic carbocycles. The van der Waals surface area contributed by atoms with E-state index in [0.717, 1.165) is 43.1 Å². The molecule has 5 heteroatoms. The zero-order valence-electron chi connectivity index (χ0n) is 13.9. The van der Waals surface area contributed by atoms with Crippen LogP contribution in [0.1, 0.15) is 17.7 Å². The number of para-hydroxylation sites is 1. The van der Waals surface area contributed by atoms with Gasteiger partial charge in [0.25, 0.3) is 0 Å². The van der Waals surface area contributed by atoms with E-state index in [1.165, 1.54) is 22.2 Å². The molecule has 3 aromatic rings. The summed E-state index contributed by atoms with van der Waals surface area (Å²) in [5, 5.41) is 8.79. The summed E-state index contributed by atoms with van der Waals surface area (Å²) < 4.78 is 10.9. The van der Waals surface area contributed by atoms with Gasteiger partial charge in [0.05, 0.1) is 11.2 Å². The standard InChI is InChI=1S/C20H19N3O2/c1-2-4-17-16(3-1)18(22-21-17)12-23-9-7-14(8-10-23)15-5-6-19-20(11-15)25-13-24-19/h1-7,11H,8-10,12-13H2,(H,21,22). The molecule has 2 aliphatic heterocycles. The van der Waals surface area contributed by atoms with Crippen molar-refractivity contribution in [3.05, 3.63) is 59.8 Å². The van der Waals surface area contributed by atoms with Gasteiger partial charge in [0.15, 0.2) is 11.5 Å². The second-order valence-electron chi connectivity index (χ2n) is 6.50. The van der Waals surface area contributed by atoms with Gasteiger partial charge in [-0.15, -0.1) is 0 Å². The minimum atomic E-state index is 0.323. The Balaban J connectivity index is 1.32. The molecule has 0 amide bonds. The number of aromatic amines is 1. The van der Waals surface area contributed by atoms with Gasteiger partial charge in [-0.1, -0.05) is 30.3 Å². The molecule has 1 aromatic heterocycles. The lowest BCUT2D eigenvalue weighted by atomic mass is 9.99. The highest BCUT2D eigenvalue weighted by atomic mass is 16.7. The van der Waals surface area contributed by atoms with Gasteiger partial charge in [0.2, 0.25) is 6.79 Å². The lowest BCUT2D eigenvalue weighted by Crippen LogP contribution is -2.28. The number of benzene rings is 2. The van der Waals surface area contributed by atoms with Crippen molar-refractivity contribution in [1.29, 1.82) is 0 Å². The van der Waals surface area contributed by atoms with Crippen molar-refractivity contribution in [2.75, 3.05) is 19.9 Å². The predicted octanol–water partition coefficient (Wildman–Crippen LogP) is 3.58. The van der Waals surface area contributed by atoms with Gasteiger partial charge < -0.3 is 9.47 Å². The fraction of sp³-hybridized carbons (Fsp3) is 0.250. The first-order chi connectivity index (χ1) is 12.4. The summed E-state index contributed by atoms with van der Waals surface area (Å²) in [4.78, 5) is 2.44. The molecule has 5 nitrogen and oxygen atoms in total. The number of H-pyrrole nitrogens is 1. The molecule has 25 heavy (non-hydrogen) atoms. The Labute approximate surface area is 145 Å². The summed E-state index contributed by atoms with van der Waals surface area (Å²) in [6, 6.07) is 14.5. The molecular weight excluding hydrogens is 314 g/mol. The average molecular weight is 333 g/mol. The van der Waals surface area contributed by atoms with Gasteiger partial charge in [0.1, 0.15) is 0 Å². The number of hydrogen-bond acceptors (Lipinski definition) is 4. The monoisotopic (exact) mass is 333 g/mol. The van der Waals surface area contributed by atoms with E-state index in [-0.39, 0.29) is 0 Å². The molecular formula is C20H19N3O2. The summed E-state index contributed by atoms with van der Waals surface area (Å²) in [5.41, 5.74) is 4.83. The molecule has 2 aliphatic rings. The quantitative estimate of drug-likeness (QED) is 0.796. The largest absolute Gasteiger partial charge is 0.454 e. The summed E-state index contributed by atoms with van der Waals surface area (Å²) in [6.45, 7) is 3.19. The van der Waals surface area contributed by atoms with E-state index in [0.29, 0.717) is 6.79 Å². The third kappa shape index (κ3) is 2.66. The van der Waals surface area contributed by atoms with Crippen LogP contribution in [0, 0.1) is 0 Å². The number of aromatic nitrogens is 2. The molecule has 0 unspecified atom stereocenters. The van der Waals surface area contributed by atoms with Crippen LogP contribution in [0.4, 0.5) is 0 Å². The van der Waals surface area contributed by atoms with Gasteiger partial charge in [-0.3, -0.25) is 10.00 Å². The third-order valence-electron chi connectivity index (χ3n) is 4.96. The molecule has 3 heterocycles. The topological polar surface area (TPSA) is 50.4 Å². The number of hydrogen-bond donors (Lipinski definition) is 1. The third-order valence-corrected chi connectivity index (χ3v) is 4.96. The van der Waals surface area contributed by atoms with Crippen LogP contribution in [0.5, 0.6) is 11.5 Å². The van der Waals surface area contributed by atoms with Crippen LogP contribution < -0.4 is 9.47 Å². The Morgan fingerprint density at radius 3 is 2.92 bits per heavy atom. The fourth-order valence-corrected chi connectivity index (χ4v) is 3.57. The van der Waals surface area contributed by atoms with E-state index in [1.807, 2.05) is 18.2 Å². The van der Waals surface area contributed by atoms with E-state index >= 15 is 0 Å². The van der Waals surface area contributed by atoms with Crippen molar-refractivity contribution in [2.24, 2.45) is 0 Å². The lowest BCUT2D eigenvalue weighted by molar-refractivity contribution is 0.174. The van der Waals surface area contributed by atoms with Crippen LogP contribution in [-0.4, -0.2) is 35.0 Å². The Kier molecular flexibility index (Phi) is 3.45. The highest BCUT2D eigenvalue weighted by molar-refractivity contribution is 5.81. The number of nitrogens with zero attached hydrogens (tertiary/aromatic N) is 2. The maximum absolute atomic E-state index is 5.49. The van der Waals surface area contributed by atoms with Crippen LogP contribution in [0.15, 0.2) is 48.5 Å². The molecule has 0 spiro atoms. The van der Waals surface area contributed by atoms with E-state index in [1.54, 1.807) is 0 Å². The van der Waals surface area contributed by atoms with Crippen molar-refractivity contribution in [3.8, 4) is 11.5 Å². The van der Waals surface area contributed by atoms with Crippen LogP contribution in [-0.2, 0) is 6.54 Å². The zero-order chi connectivity index (χ0) is 16.6. The minimum Gasteiger partial charge on any atom is -0.454 e. The summed E-state index contributed by atoms with van der Waals surface area (Å²) in [5.74, 6) is 1.69.